The molecule has 2 fully saturated rings. The molecule has 1 aliphatic heterocycles. The highest BCUT2D eigenvalue weighted by molar-refractivity contribution is 7.80. The molecule has 4 nitrogen and oxygen atoms in total. The molecule has 1 heterocycles. The van der Waals surface area contributed by atoms with Gasteiger partial charge in [0, 0.05) is 6.04 Å². The van der Waals surface area contributed by atoms with Crippen molar-refractivity contribution in [3.63, 3.8) is 0 Å². The Morgan fingerprint density at radius 2 is 1.82 bits per heavy atom. The standard InChI is InChI=1S/C12H24N4S/c1-15-7-9-16(10-8-15)14-12(17)13-11-5-3-2-4-6-11/h11H,2-10H2,1H3,(H2,13,14,17)/p+1. The van der Waals surface area contributed by atoms with Gasteiger partial charge in [-0.25, -0.2) is 5.01 Å². The average molecular weight is 257 g/mol. The van der Waals surface area contributed by atoms with Crippen molar-refractivity contribution >= 4 is 17.3 Å². The fraction of sp³-hybridized carbons (Fsp3) is 0.917. The van der Waals surface area contributed by atoms with Gasteiger partial charge in [-0.2, -0.15) is 0 Å². The minimum absolute atomic E-state index is 0.599. The molecule has 0 aromatic carbocycles. The third-order valence-corrected chi connectivity index (χ3v) is 4.03. The van der Waals surface area contributed by atoms with E-state index < -0.39 is 0 Å². The van der Waals surface area contributed by atoms with Crippen molar-refractivity contribution in [3.8, 4) is 0 Å². The van der Waals surface area contributed by atoms with Gasteiger partial charge in [0.05, 0.1) is 33.2 Å². The van der Waals surface area contributed by atoms with Crippen LogP contribution < -0.4 is 15.6 Å². The van der Waals surface area contributed by atoms with E-state index in [0.29, 0.717) is 6.04 Å². The second kappa shape index (κ2) is 6.52. The van der Waals surface area contributed by atoms with Crippen LogP contribution in [-0.2, 0) is 0 Å². The quantitative estimate of drug-likeness (QED) is 0.584. The molecule has 0 amide bonds. The Balaban J connectivity index is 1.66. The topological polar surface area (TPSA) is 31.7 Å². The lowest BCUT2D eigenvalue weighted by Gasteiger charge is -2.32. The highest BCUT2D eigenvalue weighted by Gasteiger charge is 2.18. The third-order valence-electron chi connectivity index (χ3n) is 3.82. The molecule has 2 aliphatic rings. The fourth-order valence-electron chi connectivity index (χ4n) is 2.61. The first kappa shape index (κ1) is 13.1. The molecule has 1 aliphatic carbocycles. The van der Waals surface area contributed by atoms with Crippen molar-refractivity contribution < 1.29 is 4.90 Å². The van der Waals surface area contributed by atoms with E-state index in [9.17, 15) is 0 Å². The van der Waals surface area contributed by atoms with Crippen LogP contribution in [0.15, 0.2) is 0 Å². The molecule has 1 saturated heterocycles. The number of rotatable bonds is 2. The van der Waals surface area contributed by atoms with Crippen molar-refractivity contribution in [3.05, 3.63) is 0 Å². The SMILES string of the molecule is C[NH+]1CCN(NC(=S)NC2CCCCC2)CC1. The fourth-order valence-corrected chi connectivity index (χ4v) is 2.90. The van der Waals surface area contributed by atoms with Gasteiger partial charge >= 0.3 is 0 Å². The number of hydrazine groups is 1. The summed E-state index contributed by atoms with van der Waals surface area (Å²) >= 11 is 5.37. The monoisotopic (exact) mass is 257 g/mol. The molecular formula is C12H25N4S+. The maximum Gasteiger partial charge on any atom is 0.181 e. The Kier molecular flexibility index (Phi) is 5.00. The molecule has 0 unspecified atom stereocenters. The first-order valence-corrected chi connectivity index (χ1v) is 7.28. The van der Waals surface area contributed by atoms with E-state index >= 15 is 0 Å². The third kappa shape index (κ3) is 4.41. The first-order chi connectivity index (χ1) is 8.24. The summed E-state index contributed by atoms with van der Waals surface area (Å²) in [4.78, 5) is 1.61. The van der Waals surface area contributed by atoms with Crippen LogP contribution in [0.2, 0.25) is 0 Å². The van der Waals surface area contributed by atoms with E-state index in [4.69, 9.17) is 12.2 Å². The van der Waals surface area contributed by atoms with E-state index in [1.165, 1.54) is 45.2 Å². The van der Waals surface area contributed by atoms with Crippen LogP contribution in [0.4, 0.5) is 0 Å². The van der Waals surface area contributed by atoms with E-state index in [1.807, 2.05) is 0 Å². The van der Waals surface area contributed by atoms with Crippen LogP contribution in [0, 0.1) is 0 Å². The highest BCUT2D eigenvalue weighted by Crippen LogP contribution is 2.17. The molecule has 1 saturated carbocycles. The predicted molar refractivity (Wildman–Crippen MR) is 73.9 cm³/mol. The normalized spacial score (nSPS) is 24.5. The summed E-state index contributed by atoms with van der Waals surface area (Å²) < 4.78 is 0. The number of likely N-dealkylation sites (N-methyl/N-ethyl adjacent to an activating group) is 1. The lowest BCUT2D eigenvalue weighted by Crippen LogP contribution is -3.12. The molecule has 98 valence electrons. The zero-order chi connectivity index (χ0) is 12.1. The van der Waals surface area contributed by atoms with E-state index in [1.54, 1.807) is 4.90 Å². The number of hydrogen-bond acceptors (Lipinski definition) is 2. The Morgan fingerprint density at radius 3 is 2.47 bits per heavy atom. The van der Waals surface area contributed by atoms with Gasteiger partial charge in [-0.1, -0.05) is 19.3 Å². The molecule has 0 aromatic rings. The number of nitrogens with one attached hydrogen (secondary N) is 3. The Labute approximate surface area is 110 Å². The number of thiocarbonyl (C=S) groups is 1. The van der Waals surface area contributed by atoms with Crippen molar-refractivity contribution in [2.45, 2.75) is 38.1 Å². The summed E-state index contributed by atoms with van der Waals surface area (Å²) in [5.41, 5.74) is 3.33. The van der Waals surface area contributed by atoms with Gasteiger partial charge in [0.25, 0.3) is 0 Å². The molecule has 0 bridgehead atoms. The zero-order valence-electron chi connectivity index (χ0n) is 10.8. The molecule has 0 spiro atoms. The van der Waals surface area contributed by atoms with Gasteiger partial charge in [0.15, 0.2) is 5.11 Å². The van der Waals surface area contributed by atoms with Gasteiger partial charge in [0.2, 0.25) is 0 Å². The molecule has 5 heteroatoms. The van der Waals surface area contributed by atoms with E-state index in [2.05, 4.69) is 22.8 Å². The second-order valence-corrected chi connectivity index (χ2v) is 5.77. The van der Waals surface area contributed by atoms with Crippen molar-refractivity contribution in [2.75, 3.05) is 33.2 Å². The van der Waals surface area contributed by atoms with Gasteiger partial charge < -0.3 is 10.2 Å². The summed E-state index contributed by atoms with van der Waals surface area (Å²) in [5.74, 6) is 0. The van der Waals surface area contributed by atoms with Crippen LogP contribution in [0.5, 0.6) is 0 Å². The Hall–Kier alpha value is -0.390. The summed E-state index contributed by atoms with van der Waals surface area (Å²) in [6.45, 7) is 4.55. The molecule has 2 rings (SSSR count). The molecule has 3 N–H and O–H groups in total. The summed E-state index contributed by atoms with van der Waals surface area (Å²) in [7, 11) is 2.25. The highest BCUT2D eigenvalue weighted by atomic mass is 32.1. The lowest BCUT2D eigenvalue weighted by atomic mass is 9.96. The van der Waals surface area contributed by atoms with Crippen molar-refractivity contribution in [1.29, 1.82) is 0 Å². The Bertz CT molecular complexity index is 245. The molecule has 0 atom stereocenters. The summed E-state index contributed by atoms with van der Waals surface area (Å²) in [6.07, 6.45) is 6.62. The van der Waals surface area contributed by atoms with Gasteiger partial charge in [-0.05, 0) is 25.1 Å². The minimum Gasteiger partial charge on any atom is -0.359 e. The summed E-state index contributed by atoms with van der Waals surface area (Å²) in [6, 6.07) is 0.599. The van der Waals surface area contributed by atoms with E-state index in [-0.39, 0.29) is 0 Å². The number of piperazine rings is 1. The largest absolute Gasteiger partial charge is 0.359 e. The minimum atomic E-state index is 0.599. The maximum atomic E-state index is 5.37. The van der Waals surface area contributed by atoms with Crippen LogP contribution in [-0.4, -0.2) is 49.4 Å². The van der Waals surface area contributed by atoms with Crippen LogP contribution >= 0.6 is 12.2 Å². The average Bonchev–Trinajstić information content (AvgIpc) is 2.33. The lowest BCUT2D eigenvalue weighted by molar-refractivity contribution is -0.884. The van der Waals surface area contributed by atoms with Crippen LogP contribution in [0.1, 0.15) is 32.1 Å². The summed E-state index contributed by atoms with van der Waals surface area (Å²) in [5, 5.41) is 6.51. The Morgan fingerprint density at radius 1 is 1.18 bits per heavy atom. The van der Waals surface area contributed by atoms with Crippen molar-refractivity contribution in [2.24, 2.45) is 0 Å². The smallest absolute Gasteiger partial charge is 0.181 e. The zero-order valence-corrected chi connectivity index (χ0v) is 11.6. The number of hydrogen-bond donors (Lipinski definition) is 3. The molecular weight excluding hydrogens is 232 g/mol. The van der Waals surface area contributed by atoms with Gasteiger partial charge in [-0.15, -0.1) is 0 Å². The predicted octanol–water partition coefficient (Wildman–Crippen LogP) is -0.471. The second-order valence-electron chi connectivity index (χ2n) is 5.36. The molecule has 0 radical (unpaired) electrons. The number of nitrogens with zero attached hydrogens (tertiary/aromatic N) is 1. The van der Waals surface area contributed by atoms with Gasteiger partial charge in [-0.3, -0.25) is 5.43 Å². The van der Waals surface area contributed by atoms with Crippen LogP contribution in [0.25, 0.3) is 0 Å². The maximum absolute atomic E-state index is 5.37. The molecule has 0 aromatic heterocycles. The first-order valence-electron chi connectivity index (χ1n) is 6.87. The van der Waals surface area contributed by atoms with Crippen LogP contribution in [0.3, 0.4) is 0 Å². The molecule has 17 heavy (non-hydrogen) atoms. The van der Waals surface area contributed by atoms with Crippen molar-refractivity contribution in [1.82, 2.24) is 15.8 Å². The van der Waals surface area contributed by atoms with E-state index in [0.717, 1.165) is 18.2 Å². The van der Waals surface area contributed by atoms with Gasteiger partial charge in [0.1, 0.15) is 0 Å². The number of quaternary nitrogens is 1.